The lowest BCUT2D eigenvalue weighted by Crippen LogP contribution is -2.09. The fourth-order valence-electron chi connectivity index (χ4n) is 2.54. The average molecular weight is 293 g/mol. The summed E-state index contributed by atoms with van der Waals surface area (Å²) in [5, 5.41) is 10.9. The molecule has 0 saturated carbocycles. The highest BCUT2D eigenvalue weighted by atomic mass is 35.5. The van der Waals surface area contributed by atoms with Crippen molar-refractivity contribution >= 4 is 11.6 Å². The van der Waals surface area contributed by atoms with Crippen molar-refractivity contribution in [1.82, 2.24) is 0 Å². The summed E-state index contributed by atoms with van der Waals surface area (Å²) in [4.78, 5) is 0. The maximum Gasteiger partial charge on any atom is 0.130 e. The number of benzene rings is 2. The Labute approximate surface area is 124 Å². The van der Waals surface area contributed by atoms with Crippen molar-refractivity contribution in [3.63, 3.8) is 0 Å². The molecule has 0 saturated heterocycles. The number of rotatable bonds is 2. The van der Waals surface area contributed by atoms with Gasteiger partial charge in [0.05, 0.1) is 0 Å². The van der Waals surface area contributed by atoms with Gasteiger partial charge in [-0.05, 0) is 67.6 Å². The van der Waals surface area contributed by atoms with Crippen molar-refractivity contribution in [3.05, 3.63) is 68.5 Å². The van der Waals surface area contributed by atoms with Gasteiger partial charge in [0.15, 0.2) is 0 Å². The predicted molar refractivity (Wildman–Crippen MR) is 80.9 cm³/mol. The highest BCUT2D eigenvalue weighted by Crippen LogP contribution is 2.33. The fraction of sp³-hybridized carbons (Fsp3) is 0.294. The van der Waals surface area contributed by atoms with Crippen LogP contribution in [0.25, 0.3) is 0 Å². The van der Waals surface area contributed by atoms with Gasteiger partial charge < -0.3 is 5.11 Å². The van der Waals surface area contributed by atoms with E-state index < -0.39 is 11.9 Å². The van der Waals surface area contributed by atoms with E-state index in [1.165, 1.54) is 6.07 Å². The monoisotopic (exact) mass is 292 g/mol. The summed E-state index contributed by atoms with van der Waals surface area (Å²) in [7, 11) is 0. The second-order valence-electron chi connectivity index (χ2n) is 5.24. The molecule has 1 unspecified atom stereocenters. The van der Waals surface area contributed by atoms with Gasteiger partial charge in [-0.15, -0.1) is 0 Å². The van der Waals surface area contributed by atoms with Gasteiger partial charge in [0.25, 0.3) is 0 Å². The second kappa shape index (κ2) is 5.55. The van der Waals surface area contributed by atoms with Crippen molar-refractivity contribution in [1.29, 1.82) is 0 Å². The molecule has 1 N–H and O–H groups in total. The molecule has 106 valence electrons. The zero-order valence-corrected chi connectivity index (χ0v) is 12.8. The molecule has 0 bridgehead atoms. The van der Waals surface area contributed by atoms with Crippen molar-refractivity contribution in [2.45, 2.75) is 33.8 Å². The minimum Gasteiger partial charge on any atom is -0.384 e. The number of halogens is 2. The van der Waals surface area contributed by atoms with E-state index in [9.17, 15) is 9.50 Å². The Morgan fingerprint density at radius 2 is 1.55 bits per heavy atom. The van der Waals surface area contributed by atoms with Crippen molar-refractivity contribution in [3.8, 4) is 0 Å². The minimum atomic E-state index is -0.981. The Morgan fingerprint density at radius 3 is 2.05 bits per heavy atom. The molecule has 0 aromatic heterocycles. The minimum absolute atomic E-state index is 0.255. The molecule has 0 amide bonds. The number of aliphatic hydroxyl groups excluding tert-OH is 1. The molecular weight excluding hydrogens is 275 g/mol. The molecule has 0 heterocycles. The number of hydrogen-bond donors (Lipinski definition) is 1. The number of hydrogen-bond acceptors (Lipinski definition) is 1. The van der Waals surface area contributed by atoms with Crippen LogP contribution >= 0.6 is 11.6 Å². The van der Waals surface area contributed by atoms with Crippen LogP contribution < -0.4 is 0 Å². The normalized spacial score (nSPS) is 12.6. The summed E-state index contributed by atoms with van der Waals surface area (Å²) >= 11 is 5.76. The average Bonchev–Trinajstić information content (AvgIpc) is 2.36. The van der Waals surface area contributed by atoms with Crippen LogP contribution in [0.1, 0.15) is 39.5 Å². The van der Waals surface area contributed by atoms with E-state index in [0.717, 1.165) is 27.8 Å². The zero-order chi connectivity index (χ0) is 15.0. The topological polar surface area (TPSA) is 20.2 Å². The number of aliphatic hydroxyl groups is 1. The lowest BCUT2D eigenvalue weighted by Gasteiger charge is -2.21. The Morgan fingerprint density at radius 1 is 1.00 bits per heavy atom. The molecule has 0 aliphatic heterocycles. The second-order valence-corrected chi connectivity index (χ2v) is 5.68. The van der Waals surface area contributed by atoms with Gasteiger partial charge >= 0.3 is 0 Å². The highest BCUT2D eigenvalue weighted by molar-refractivity contribution is 6.30. The molecular formula is C17H18ClFO. The van der Waals surface area contributed by atoms with Gasteiger partial charge in [-0.2, -0.15) is 0 Å². The third kappa shape index (κ3) is 2.58. The lowest BCUT2D eigenvalue weighted by atomic mass is 9.88. The van der Waals surface area contributed by atoms with Crippen LogP contribution in [-0.4, -0.2) is 5.11 Å². The first-order chi connectivity index (χ1) is 9.32. The molecule has 0 spiro atoms. The smallest absolute Gasteiger partial charge is 0.130 e. The Hall–Kier alpha value is -1.38. The highest BCUT2D eigenvalue weighted by Gasteiger charge is 2.21. The Kier molecular flexibility index (Phi) is 4.17. The summed E-state index contributed by atoms with van der Waals surface area (Å²) < 4.78 is 14.0. The summed E-state index contributed by atoms with van der Waals surface area (Å²) in [6.07, 6.45) is -0.981. The van der Waals surface area contributed by atoms with Gasteiger partial charge in [0.2, 0.25) is 0 Å². The molecule has 0 aliphatic rings. The maximum absolute atomic E-state index is 14.0. The molecule has 1 atom stereocenters. The van der Waals surface area contributed by atoms with Crippen molar-refractivity contribution < 1.29 is 9.50 Å². The van der Waals surface area contributed by atoms with E-state index in [1.54, 1.807) is 12.1 Å². The van der Waals surface area contributed by atoms with Crippen LogP contribution in [0.15, 0.2) is 24.3 Å². The molecule has 3 heteroatoms. The van der Waals surface area contributed by atoms with Crippen LogP contribution in [0.2, 0.25) is 5.02 Å². The van der Waals surface area contributed by atoms with Crippen LogP contribution in [0.4, 0.5) is 4.39 Å². The van der Waals surface area contributed by atoms with E-state index in [1.807, 2.05) is 27.7 Å². The quantitative estimate of drug-likeness (QED) is 0.843. The predicted octanol–water partition coefficient (Wildman–Crippen LogP) is 4.79. The first kappa shape index (κ1) is 15.0. The van der Waals surface area contributed by atoms with Crippen molar-refractivity contribution in [2.75, 3.05) is 0 Å². The van der Waals surface area contributed by atoms with Gasteiger partial charge in [-0.1, -0.05) is 23.7 Å². The van der Waals surface area contributed by atoms with Crippen molar-refractivity contribution in [2.24, 2.45) is 0 Å². The summed E-state index contributed by atoms with van der Waals surface area (Å²) in [5.41, 5.74) is 5.22. The Bertz CT molecular complexity index is 638. The maximum atomic E-state index is 14.0. The molecule has 2 aromatic rings. The molecule has 1 nitrogen and oxygen atoms in total. The molecule has 0 aliphatic carbocycles. The first-order valence-corrected chi connectivity index (χ1v) is 6.91. The summed E-state index contributed by atoms with van der Waals surface area (Å²) in [6.45, 7) is 7.90. The standard InChI is InChI=1S/C17H18ClFO/c1-9-7-10(2)12(4)16(11(9)3)17(20)14-6-5-13(18)8-15(14)19/h5-8,17,20H,1-4H3. The molecule has 2 rings (SSSR count). The third-order valence-electron chi connectivity index (χ3n) is 3.95. The van der Waals surface area contributed by atoms with Gasteiger partial charge in [0.1, 0.15) is 11.9 Å². The van der Waals surface area contributed by atoms with E-state index in [-0.39, 0.29) is 5.56 Å². The van der Waals surface area contributed by atoms with E-state index in [4.69, 9.17) is 11.6 Å². The molecule has 0 fully saturated rings. The SMILES string of the molecule is Cc1cc(C)c(C)c(C(O)c2ccc(Cl)cc2F)c1C. The van der Waals surface area contributed by atoms with Crippen LogP contribution in [0.3, 0.4) is 0 Å². The lowest BCUT2D eigenvalue weighted by molar-refractivity contribution is 0.213. The first-order valence-electron chi connectivity index (χ1n) is 6.53. The third-order valence-corrected chi connectivity index (χ3v) is 4.19. The van der Waals surface area contributed by atoms with Crippen LogP contribution in [0.5, 0.6) is 0 Å². The van der Waals surface area contributed by atoms with Gasteiger partial charge in [-0.25, -0.2) is 4.39 Å². The molecule has 0 radical (unpaired) electrons. The van der Waals surface area contributed by atoms with Crippen LogP contribution in [0, 0.1) is 33.5 Å². The summed E-state index contributed by atoms with van der Waals surface area (Å²) in [5.74, 6) is -0.483. The Balaban J connectivity index is 2.62. The summed E-state index contributed by atoms with van der Waals surface area (Å²) in [6, 6.07) is 6.45. The van der Waals surface area contributed by atoms with E-state index in [0.29, 0.717) is 5.02 Å². The molecule has 2 aromatic carbocycles. The zero-order valence-electron chi connectivity index (χ0n) is 12.1. The fourth-order valence-corrected chi connectivity index (χ4v) is 2.70. The molecule has 20 heavy (non-hydrogen) atoms. The van der Waals surface area contributed by atoms with E-state index in [2.05, 4.69) is 6.07 Å². The van der Waals surface area contributed by atoms with Crippen LogP contribution in [-0.2, 0) is 0 Å². The van der Waals surface area contributed by atoms with Gasteiger partial charge in [-0.3, -0.25) is 0 Å². The number of aryl methyl sites for hydroxylation is 2. The van der Waals surface area contributed by atoms with Gasteiger partial charge in [0, 0.05) is 10.6 Å². The van der Waals surface area contributed by atoms with E-state index >= 15 is 0 Å². The largest absolute Gasteiger partial charge is 0.384 e.